The molecule has 2 aromatic rings. The molecular formula is C17H17F3N2O2. The van der Waals surface area contributed by atoms with Crippen molar-refractivity contribution >= 4 is 5.91 Å². The van der Waals surface area contributed by atoms with Crippen LogP contribution in [0.25, 0.3) is 11.3 Å². The number of fused-ring (bicyclic) bond motifs is 1. The summed E-state index contributed by atoms with van der Waals surface area (Å²) in [6.07, 6.45) is -0.0808. The first kappa shape index (κ1) is 16.5. The fourth-order valence-corrected chi connectivity index (χ4v) is 2.94. The summed E-state index contributed by atoms with van der Waals surface area (Å²) in [5.74, 6) is -0.438. The zero-order chi connectivity index (χ0) is 17.3. The van der Waals surface area contributed by atoms with E-state index >= 15 is 0 Å². The van der Waals surface area contributed by atoms with Crippen molar-refractivity contribution in [2.75, 3.05) is 13.6 Å². The number of aryl methyl sites for hydroxylation is 2. The van der Waals surface area contributed by atoms with Gasteiger partial charge in [-0.05, 0) is 42.9 Å². The maximum Gasteiger partial charge on any atom is 0.406 e. The van der Waals surface area contributed by atoms with E-state index in [0.29, 0.717) is 10.7 Å². The predicted octanol–water partition coefficient (Wildman–Crippen LogP) is 3.85. The van der Waals surface area contributed by atoms with Crippen molar-refractivity contribution in [3.63, 3.8) is 0 Å². The van der Waals surface area contributed by atoms with Crippen LogP contribution in [-0.4, -0.2) is 35.7 Å². The molecule has 0 unspecified atom stereocenters. The Bertz CT molecular complexity index is 753. The van der Waals surface area contributed by atoms with E-state index in [1.54, 1.807) is 0 Å². The minimum absolute atomic E-state index is 0.130. The van der Waals surface area contributed by atoms with Crippen LogP contribution in [0.3, 0.4) is 0 Å². The zero-order valence-corrected chi connectivity index (χ0v) is 13.2. The summed E-state index contributed by atoms with van der Waals surface area (Å²) in [6.45, 7) is -1.33. The molecule has 0 fully saturated rings. The summed E-state index contributed by atoms with van der Waals surface area (Å²) in [6, 6.07) is 7.31. The molecular weight excluding hydrogens is 321 g/mol. The lowest BCUT2D eigenvalue weighted by Crippen LogP contribution is -2.35. The highest BCUT2D eigenvalue weighted by Gasteiger charge is 2.32. The molecule has 0 N–H and O–H groups in total. The molecule has 1 aromatic heterocycles. The molecule has 1 heterocycles. The molecule has 1 amide bonds. The highest BCUT2D eigenvalue weighted by Crippen LogP contribution is 2.28. The van der Waals surface area contributed by atoms with Crippen molar-refractivity contribution < 1.29 is 22.5 Å². The molecule has 1 aromatic carbocycles. The van der Waals surface area contributed by atoms with Gasteiger partial charge in [0.05, 0.1) is 0 Å². The predicted molar refractivity (Wildman–Crippen MR) is 81.6 cm³/mol. The lowest BCUT2D eigenvalue weighted by molar-refractivity contribution is -0.138. The van der Waals surface area contributed by atoms with E-state index in [0.717, 1.165) is 31.9 Å². The number of hydrogen-bond donors (Lipinski definition) is 0. The van der Waals surface area contributed by atoms with Crippen LogP contribution in [0.2, 0.25) is 0 Å². The second-order valence-electron chi connectivity index (χ2n) is 6.04. The second kappa shape index (κ2) is 6.30. The van der Waals surface area contributed by atoms with Crippen LogP contribution >= 0.6 is 0 Å². The van der Waals surface area contributed by atoms with Gasteiger partial charge in [0.25, 0.3) is 5.91 Å². The van der Waals surface area contributed by atoms with Gasteiger partial charge in [-0.3, -0.25) is 4.79 Å². The summed E-state index contributed by atoms with van der Waals surface area (Å²) in [5.41, 5.74) is 3.21. The first-order valence-electron chi connectivity index (χ1n) is 7.74. The second-order valence-corrected chi connectivity index (χ2v) is 6.04. The van der Waals surface area contributed by atoms with Crippen molar-refractivity contribution in [2.24, 2.45) is 0 Å². The van der Waals surface area contributed by atoms with E-state index in [-0.39, 0.29) is 5.69 Å². The topological polar surface area (TPSA) is 46.3 Å². The maximum atomic E-state index is 12.4. The molecule has 0 atom stereocenters. The van der Waals surface area contributed by atoms with Crippen LogP contribution in [0.5, 0.6) is 0 Å². The number of aromatic nitrogens is 1. The fraction of sp³-hybridized carbons (Fsp3) is 0.412. The van der Waals surface area contributed by atoms with Gasteiger partial charge < -0.3 is 9.42 Å². The third-order valence-corrected chi connectivity index (χ3v) is 4.13. The number of halogens is 3. The average Bonchev–Trinajstić information content (AvgIpc) is 3.02. The van der Waals surface area contributed by atoms with E-state index in [1.165, 1.54) is 23.6 Å². The number of rotatable bonds is 3. The van der Waals surface area contributed by atoms with Gasteiger partial charge in [0.1, 0.15) is 6.54 Å². The van der Waals surface area contributed by atoms with E-state index in [1.807, 2.05) is 18.2 Å². The number of hydrogen-bond acceptors (Lipinski definition) is 3. The van der Waals surface area contributed by atoms with Gasteiger partial charge in [-0.25, -0.2) is 0 Å². The van der Waals surface area contributed by atoms with Crippen molar-refractivity contribution in [3.05, 3.63) is 41.1 Å². The zero-order valence-electron chi connectivity index (χ0n) is 13.2. The Morgan fingerprint density at radius 3 is 2.62 bits per heavy atom. The molecule has 1 aliphatic carbocycles. The molecule has 0 saturated carbocycles. The third-order valence-electron chi connectivity index (χ3n) is 4.13. The average molecular weight is 338 g/mol. The molecule has 0 aliphatic heterocycles. The van der Waals surface area contributed by atoms with Gasteiger partial charge in [-0.2, -0.15) is 13.2 Å². The summed E-state index contributed by atoms with van der Waals surface area (Å²) < 4.78 is 42.3. The van der Waals surface area contributed by atoms with Crippen LogP contribution < -0.4 is 0 Å². The molecule has 7 heteroatoms. The fourth-order valence-electron chi connectivity index (χ4n) is 2.94. The Hall–Kier alpha value is -2.31. The number of benzene rings is 1. The largest absolute Gasteiger partial charge is 0.406 e. The van der Waals surface area contributed by atoms with E-state index in [4.69, 9.17) is 4.52 Å². The minimum atomic E-state index is -4.45. The van der Waals surface area contributed by atoms with Crippen LogP contribution in [0.4, 0.5) is 13.2 Å². The van der Waals surface area contributed by atoms with Crippen LogP contribution in [0.1, 0.15) is 34.5 Å². The molecule has 0 radical (unpaired) electrons. The van der Waals surface area contributed by atoms with Gasteiger partial charge in [0, 0.05) is 18.7 Å². The SMILES string of the molecule is CN(CC(F)(F)F)C(=O)c1cc(-c2ccc3c(c2)CCCC3)on1. The Morgan fingerprint density at radius 1 is 1.21 bits per heavy atom. The normalized spacial score (nSPS) is 14.3. The van der Waals surface area contributed by atoms with Gasteiger partial charge in [0.2, 0.25) is 0 Å². The third kappa shape index (κ3) is 3.60. The summed E-state index contributed by atoms with van der Waals surface area (Å²) in [5, 5.41) is 3.62. The standard InChI is InChI=1S/C17H17F3N2O2/c1-22(10-17(18,19)20)16(23)14-9-15(24-21-14)13-7-6-11-4-2-3-5-12(11)8-13/h6-9H,2-5,10H2,1H3. The highest BCUT2D eigenvalue weighted by atomic mass is 19.4. The van der Waals surface area contributed by atoms with Crippen LogP contribution in [0.15, 0.2) is 28.8 Å². The number of alkyl halides is 3. The lowest BCUT2D eigenvalue weighted by atomic mass is 9.90. The smallest absolute Gasteiger partial charge is 0.355 e. The minimum Gasteiger partial charge on any atom is -0.355 e. The number of carbonyl (C=O) groups excluding carboxylic acids is 1. The maximum absolute atomic E-state index is 12.4. The Morgan fingerprint density at radius 2 is 1.92 bits per heavy atom. The Kier molecular flexibility index (Phi) is 4.34. The number of nitrogens with zero attached hydrogens (tertiary/aromatic N) is 2. The molecule has 24 heavy (non-hydrogen) atoms. The van der Waals surface area contributed by atoms with Gasteiger partial charge in [-0.1, -0.05) is 17.3 Å². The molecule has 0 saturated heterocycles. The van der Waals surface area contributed by atoms with Crippen molar-refractivity contribution in [1.82, 2.24) is 10.1 Å². The molecule has 3 rings (SSSR count). The van der Waals surface area contributed by atoms with E-state index in [2.05, 4.69) is 5.16 Å². The van der Waals surface area contributed by atoms with Crippen molar-refractivity contribution in [1.29, 1.82) is 0 Å². The Labute approximate surface area is 137 Å². The van der Waals surface area contributed by atoms with E-state index < -0.39 is 18.6 Å². The highest BCUT2D eigenvalue weighted by molar-refractivity contribution is 5.93. The van der Waals surface area contributed by atoms with Gasteiger partial charge in [0.15, 0.2) is 11.5 Å². The van der Waals surface area contributed by atoms with Crippen molar-refractivity contribution in [2.45, 2.75) is 31.9 Å². The lowest BCUT2D eigenvalue weighted by Gasteiger charge is -2.17. The monoisotopic (exact) mass is 338 g/mol. The van der Waals surface area contributed by atoms with E-state index in [9.17, 15) is 18.0 Å². The molecule has 4 nitrogen and oxygen atoms in total. The molecule has 128 valence electrons. The molecule has 0 bridgehead atoms. The number of amides is 1. The van der Waals surface area contributed by atoms with Crippen LogP contribution in [0, 0.1) is 0 Å². The number of carbonyl (C=O) groups is 1. The quantitative estimate of drug-likeness (QED) is 0.854. The Balaban J connectivity index is 1.79. The first-order chi connectivity index (χ1) is 11.3. The summed E-state index contributed by atoms with van der Waals surface area (Å²) in [7, 11) is 1.09. The van der Waals surface area contributed by atoms with Crippen LogP contribution in [-0.2, 0) is 12.8 Å². The molecule has 1 aliphatic rings. The molecule has 0 spiro atoms. The van der Waals surface area contributed by atoms with Gasteiger partial charge >= 0.3 is 6.18 Å². The summed E-state index contributed by atoms with van der Waals surface area (Å²) >= 11 is 0. The first-order valence-corrected chi connectivity index (χ1v) is 7.74. The van der Waals surface area contributed by atoms with Gasteiger partial charge in [-0.15, -0.1) is 0 Å². The van der Waals surface area contributed by atoms with Crippen molar-refractivity contribution in [3.8, 4) is 11.3 Å². The summed E-state index contributed by atoms with van der Waals surface area (Å²) in [4.78, 5) is 12.6.